The second kappa shape index (κ2) is 18.1. The molecule has 0 heterocycles. The summed E-state index contributed by atoms with van der Waals surface area (Å²) >= 11 is 0. The van der Waals surface area contributed by atoms with Gasteiger partial charge in [0, 0.05) is 12.5 Å². The average Bonchev–Trinajstić information content (AvgIpc) is 3.20. The zero-order valence-electron chi connectivity index (χ0n) is 32.9. The Bertz CT molecular complexity index is 2390. The first-order valence-electron chi connectivity index (χ1n) is 16.5. The maximum Gasteiger partial charge on any atom is 0.460 e. The summed E-state index contributed by atoms with van der Waals surface area (Å²) < 4.78 is 498. The molecule has 0 atom stereocenters. The first kappa shape index (κ1) is 65.5. The lowest BCUT2D eigenvalue weighted by atomic mass is 9.81. The standard InChI is InChI=1S/C30H10F35N3O5/c1-7-3-9(10(13(72)68-6-73-8(2)71)12(67-5-70)11(7)66-4-69)14(31,32)15(33,34)16(35,36)17(37,38)18(39,40)19(41,42)20(43,44)21(45,46)22(47,48)23(49,50)24(51,52)25(53,54)26(55,56)27(57,58)28(59,60)29(61,62)30(63,64)65/h3H,6H2,1-2H3,(H,68,72). The van der Waals surface area contributed by atoms with Crippen molar-refractivity contribution in [1.82, 2.24) is 5.32 Å². The Kier molecular flexibility index (Phi) is 16.2. The van der Waals surface area contributed by atoms with Crippen LogP contribution in [0, 0.1) is 6.92 Å². The first-order valence-corrected chi connectivity index (χ1v) is 16.5. The molecule has 0 aliphatic heterocycles. The van der Waals surface area contributed by atoms with Crippen molar-refractivity contribution in [2.24, 2.45) is 9.98 Å². The number of isocyanates is 2. The molecule has 420 valence electrons. The molecule has 0 bridgehead atoms. The molecule has 0 aromatic heterocycles. The Morgan fingerprint density at radius 2 is 0.685 bits per heavy atom. The predicted molar refractivity (Wildman–Crippen MR) is 155 cm³/mol. The van der Waals surface area contributed by atoms with E-state index in [4.69, 9.17) is 0 Å². The fourth-order valence-corrected chi connectivity index (χ4v) is 5.01. The number of benzene rings is 1. The molecule has 8 nitrogen and oxygen atoms in total. The molecule has 0 aliphatic rings. The van der Waals surface area contributed by atoms with E-state index in [1.165, 1.54) is 0 Å². The summed E-state index contributed by atoms with van der Waals surface area (Å²) in [6, 6.07) is -0.966. The monoisotopic (exact) mass is 1160 g/mol. The number of alkyl halides is 35. The predicted octanol–water partition coefficient (Wildman–Crippen LogP) is 12.4. The van der Waals surface area contributed by atoms with Gasteiger partial charge in [-0.05, 0) is 18.6 Å². The molecule has 0 saturated heterocycles. The van der Waals surface area contributed by atoms with Gasteiger partial charge in [0.15, 0.2) is 6.73 Å². The summed E-state index contributed by atoms with van der Waals surface area (Å²) in [5.41, 5.74) is -11.7. The lowest BCUT2D eigenvalue weighted by molar-refractivity contribution is -0.492. The minimum Gasteiger partial charge on any atom is -0.445 e. The Morgan fingerprint density at radius 3 is 0.932 bits per heavy atom. The van der Waals surface area contributed by atoms with Gasteiger partial charge in [-0.3, -0.25) is 9.59 Å². The van der Waals surface area contributed by atoms with E-state index in [9.17, 15) is 155 Å². The molecule has 1 rings (SSSR count). The quantitative estimate of drug-likeness (QED) is 0.0433. The van der Waals surface area contributed by atoms with E-state index in [0.29, 0.717) is 13.0 Å². The number of hydrogen-bond donors (Lipinski definition) is 1. The number of nitrogens with one attached hydrogen (secondary N) is 1. The van der Waals surface area contributed by atoms with Crippen molar-refractivity contribution in [3.8, 4) is 0 Å². The van der Waals surface area contributed by atoms with E-state index < -0.39 is 154 Å². The van der Waals surface area contributed by atoms with Crippen LogP contribution in [0.5, 0.6) is 0 Å². The topological polar surface area (TPSA) is 114 Å². The number of nitrogens with zero attached hydrogens (tertiary/aromatic N) is 2. The van der Waals surface area contributed by atoms with Crippen LogP contribution in [0.1, 0.15) is 28.4 Å². The fraction of sp³-hybridized carbons (Fsp3) is 0.667. The Morgan fingerprint density at radius 1 is 0.438 bits per heavy atom. The minimum absolute atomic E-state index is 0.122. The minimum atomic E-state index is -10.5. The molecule has 1 aromatic rings. The molecular weight excluding hydrogens is 1150 g/mol. The number of ether oxygens (including phenoxy) is 1. The summed E-state index contributed by atoms with van der Waals surface area (Å²) in [7, 11) is 0. The molecule has 1 amide bonds. The second-order valence-corrected chi connectivity index (χ2v) is 13.7. The number of esters is 1. The van der Waals surface area contributed by atoms with E-state index in [2.05, 4.69) is 14.7 Å². The molecule has 1 N–H and O–H groups in total. The molecule has 0 unspecified atom stereocenters. The van der Waals surface area contributed by atoms with Gasteiger partial charge < -0.3 is 10.1 Å². The van der Waals surface area contributed by atoms with Crippen molar-refractivity contribution >= 4 is 35.4 Å². The van der Waals surface area contributed by atoms with Crippen LogP contribution in [-0.4, -0.2) is 126 Å². The number of rotatable bonds is 21. The SMILES string of the molecule is CC(=O)OCNC(=O)c1c(C(F)(F)C(F)(F)C(F)(F)C(F)(F)C(F)(F)C(F)(F)C(F)(F)C(F)(F)C(F)(F)C(F)(F)C(F)(F)C(F)(F)C(F)(F)C(F)(F)C(F)(F)C(F)(F)C(F)(F)F)cc(C)c(N=C=O)c1N=C=O. The Balaban J connectivity index is 4.32. The Labute approximate surface area is 373 Å². The van der Waals surface area contributed by atoms with E-state index in [1.807, 2.05) is 0 Å². The summed E-state index contributed by atoms with van der Waals surface area (Å²) in [5.74, 6) is -162. The van der Waals surface area contributed by atoms with Crippen LogP contribution >= 0.6 is 0 Å². The second-order valence-electron chi connectivity index (χ2n) is 13.7. The van der Waals surface area contributed by atoms with Gasteiger partial charge in [0.05, 0.1) is 5.56 Å². The highest BCUT2D eigenvalue weighted by molar-refractivity contribution is 6.04. The van der Waals surface area contributed by atoms with Crippen LogP contribution < -0.4 is 5.32 Å². The number of aryl methyl sites for hydroxylation is 1. The van der Waals surface area contributed by atoms with E-state index in [0.717, 1.165) is 5.32 Å². The number of amides is 1. The number of hydrogen-bond acceptors (Lipinski definition) is 7. The van der Waals surface area contributed by atoms with Gasteiger partial charge >= 0.3 is 107 Å². The lowest BCUT2D eigenvalue weighted by Crippen LogP contribution is -2.80. The van der Waals surface area contributed by atoms with Gasteiger partial charge in [0.2, 0.25) is 12.2 Å². The van der Waals surface area contributed by atoms with Crippen molar-refractivity contribution < 1.29 is 178 Å². The average molecular weight is 1160 g/mol. The van der Waals surface area contributed by atoms with Crippen molar-refractivity contribution in [2.45, 2.75) is 115 Å². The van der Waals surface area contributed by atoms with Gasteiger partial charge in [0.1, 0.15) is 11.4 Å². The third-order valence-corrected chi connectivity index (χ3v) is 9.12. The van der Waals surface area contributed by atoms with Crippen molar-refractivity contribution in [2.75, 3.05) is 6.73 Å². The number of carbonyl (C=O) groups is 2. The molecule has 73 heavy (non-hydrogen) atoms. The molecule has 0 spiro atoms. The molecule has 0 aliphatic carbocycles. The van der Waals surface area contributed by atoms with E-state index in [-0.39, 0.29) is 13.0 Å². The highest BCUT2D eigenvalue weighted by atomic mass is 19.4. The van der Waals surface area contributed by atoms with Gasteiger partial charge in [0.25, 0.3) is 5.91 Å². The van der Waals surface area contributed by atoms with Gasteiger partial charge in [-0.1, -0.05) is 0 Å². The third kappa shape index (κ3) is 8.48. The Hall–Kier alpha value is -5.53. The van der Waals surface area contributed by atoms with Crippen LogP contribution in [0.2, 0.25) is 0 Å². The number of halogens is 35. The van der Waals surface area contributed by atoms with E-state index >= 15 is 17.6 Å². The molecule has 43 heteroatoms. The van der Waals surface area contributed by atoms with Crippen LogP contribution in [0.25, 0.3) is 0 Å². The molecular formula is C30H10F35N3O5. The molecule has 0 fully saturated rings. The summed E-state index contributed by atoms with van der Waals surface area (Å²) in [5, 5.41) is 1.03. The van der Waals surface area contributed by atoms with Gasteiger partial charge in [-0.25, -0.2) is 9.59 Å². The maximum absolute atomic E-state index is 15.6. The number of aliphatic imine (C=N–C) groups is 2. The third-order valence-electron chi connectivity index (χ3n) is 9.12. The van der Waals surface area contributed by atoms with Gasteiger partial charge in [-0.15, -0.1) is 0 Å². The van der Waals surface area contributed by atoms with Crippen LogP contribution in [-0.2, 0) is 25.0 Å². The zero-order chi connectivity index (χ0) is 59.2. The number of carbonyl (C=O) groups excluding carboxylic acids is 4. The van der Waals surface area contributed by atoms with Crippen LogP contribution in [0.4, 0.5) is 165 Å². The highest BCUT2D eigenvalue weighted by Gasteiger charge is 3.02. The molecule has 1 aromatic carbocycles. The van der Waals surface area contributed by atoms with Crippen molar-refractivity contribution in [3.05, 3.63) is 22.8 Å². The smallest absolute Gasteiger partial charge is 0.445 e. The van der Waals surface area contributed by atoms with Crippen LogP contribution in [0.15, 0.2) is 16.1 Å². The van der Waals surface area contributed by atoms with Crippen molar-refractivity contribution in [1.29, 1.82) is 0 Å². The van der Waals surface area contributed by atoms with E-state index in [1.54, 1.807) is 0 Å². The summed E-state index contributed by atoms with van der Waals surface area (Å²) in [4.78, 5) is 50.3. The largest absolute Gasteiger partial charge is 0.460 e. The fourth-order valence-electron chi connectivity index (χ4n) is 5.01. The van der Waals surface area contributed by atoms with Crippen molar-refractivity contribution in [3.63, 3.8) is 0 Å². The molecule has 0 radical (unpaired) electrons. The lowest BCUT2D eigenvalue weighted by Gasteiger charge is -2.47. The molecule has 0 saturated carbocycles. The highest BCUT2D eigenvalue weighted by Crippen LogP contribution is 2.71. The summed E-state index contributed by atoms with van der Waals surface area (Å²) in [6.45, 7) is -1.18. The first-order chi connectivity index (χ1) is 31.6. The maximum atomic E-state index is 15.6. The normalized spacial score (nSPS) is 15.4. The zero-order valence-corrected chi connectivity index (χ0v) is 32.9. The van der Waals surface area contributed by atoms with Crippen LogP contribution in [0.3, 0.4) is 0 Å². The summed E-state index contributed by atoms with van der Waals surface area (Å²) in [6.07, 6.45) is -7.78. The van der Waals surface area contributed by atoms with Gasteiger partial charge in [-0.2, -0.15) is 164 Å².